The monoisotopic (exact) mass is 502 g/mol. The van der Waals surface area contributed by atoms with Crippen molar-refractivity contribution in [1.29, 1.82) is 0 Å². The van der Waals surface area contributed by atoms with Crippen LogP contribution in [-0.4, -0.2) is 42.1 Å². The first kappa shape index (κ1) is 24.9. The highest BCUT2D eigenvalue weighted by atomic mass is 35.5. The van der Waals surface area contributed by atoms with Crippen LogP contribution in [-0.2, 0) is 12.8 Å². The number of piperidine rings is 1. The third kappa shape index (κ3) is 6.00. The normalized spacial score (nSPS) is 19.4. The van der Waals surface area contributed by atoms with Gasteiger partial charge in [-0.15, -0.1) is 23.7 Å². The molecule has 0 saturated carbocycles. The predicted octanol–water partition coefficient (Wildman–Crippen LogP) is 6.33. The van der Waals surface area contributed by atoms with Gasteiger partial charge in [-0.25, -0.2) is 4.98 Å². The molecule has 0 radical (unpaired) electrons. The van der Waals surface area contributed by atoms with E-state index >= 15 is 0 Å². The summed E-state index contributed by atoms with van der Waals surface area (Å²) in [6, 6.07) is 6.57. The Hall–Kier alpha value is -0.720. The number of fused-ring (bicyclic) bond motifs is 1. The fourth-order valence-electron chi connectivity index (χ4n) is 5.00. The van der Waals surface area contributed by atoms with Crippen LogP contribution in [0.5, 0.6) is 0 Å². The van der Waals surface area contributed by atoms with Gasteiger partial charge in [-0.3, -0.25) is 0 Å². The van der Waals surface area contributed by atoms with Crippen molar-refractivity contribution in [3.05, 3.63) is 38.8 Å². The van der Waals surface area contributed by atoms with E-state index in [1.54, 1.807) is 11.3 Å². The van der Waals surface area contributed by atoms with Crippen molar-refractivity contribution in [1.82, 2.24) is 9.88 Å². The van der Waals surface area contributed by atoms with Gasteiger partial charge in [0.2, 0.25) is 0 Å². The molecule has 2 aromatic rings. The van der Waals surface area contributed by atoms with Gasteiger partial charge in [0, 0.05) is 24.0 Å². The molecule has 0 amide bonds. The zero-order valence-electron chi connectivity index (χ0n) is 18.2. The standard InChI is InChI=1S/C23H32Cl2N4S.ClH/c1-2-11-28(17-6-7-19-21(15-17)30-23(26)27-19)12-8-16-9-13-29(14-10-16)20-5-3-4-18(24)22(20)25;/h3-5,16-17H,2,6-15H2,1H3,(H2,26,27);1H/t17-;/m0./s1. The SMILES string of the molecule is CCCN(CCC1CCN(c2cccc(Cl)c2Cl)CC1)[C@H]1CCc2nc(N)sc2C1.Cl. The van der Waals surface area contributed by atoms with Crippen LogP contribution < -0.4 is 10.6 Å². The molecule has 1 saturated heterocycles. The molecule has 0 spiro atoms. The van der Waals surface area contributed by atoms with E-state index in [1.807, 2.05) is 12.1 Å². The van der Waals surface area contributed by atoms with Gasteiger partial charge in [0.25, 0.3) is 0 Å². The summed E-state index contributed by atoms with van der Waals surface area (Å²) in [5.74, 6) is 0.789. The Morgan fingerprint density at radius 2 is 1.97 bits per heavy atom. The van der Waals surface area contributed by atoms with E-state index in [0.29, 0.717) is 16.1 Å². The molecule has 31 heavy (non-hydrogen) atoms. The molecular weight excluding hydrogens is 471 g/mol. The minimum Gasteiger partial charge on any atom is -0.375 e. The molecule has 1 fully saturated rings. The van der Waals surface area contributed by atoms with E-state index in [0.717, 1.165) is 42.7 Å². The van der Waals surface area contributed by atoms with Gasteiger partial charge in [-0.1, -0.05) is 36.2 Å². The molecule has 2 N–H and O–H groups in total. The van der Waals surface area contributed by atoms with Crippen molar-refractivity contribution in [2.45, 2.75) is 57.9 Å². The largest absolute Gasteiger partial charge is 0.375 e. The molecule has 1 aromatic heterocycles. The first-order valence-corrected chi connectivity index (χ1v) is 12.8. The van der Waals surface area contributed by atoms with Crippen LogP contribution in [0.15, 0.2) is 18.2 Å². The smallest absolute Gasteiger partial charge is 0.180 e. The minimum absolute atomic E-state index is 0. The summed E-state index contributed by atoms with van der Waals surface area (Å²) in [4.78, 5) is 11.1. The van der Waals surface area contributed by atoms with Gasteiger partial charge in [-0.2, -0.15) is 0 Å². The van der Waals surface area contributed by atoms with E-state index in [2.05, 4.69) is 27.8 Å². The number of anilines is 2. The van der Waals surface area contributed by atoms with Gasteiger partial charge in [0.1, 0.15) is 0 Å². The van der Waals surface area contributed by atoms with Crippen molar-refractivity contribution >= 4 is 57.8 Å². The molecule has 1 aliphatic carbocycles. The van der Waals surface area contributed by atoms with E-state index in [9.17, 15) is 0 Å². The number of hydrogen-bond donors (Lipinski definition) is 1. The second-order valence-electron chi connectivity index (χ2n) is 8.65. The average Bonchev–Trinajstić information content (AvgIpc) is 3.13. The van der Waals surface area contributed by atoms with E-state index in [4.69, 9.17) is 28.9 Å². The summed E-state index contributed by atoms with van der Waals surface area (Å²) in [5.41, 5.74) is 8.27. The summed E-state index contributed by atoms with van der Waals surface area (Å²) in [7, 11) is 0. The van der Waals surface area contributed by atoms with Gasteiger partial charge in [0.15, 0.2) is 5.13 Å². The van der Waals surface area contributed by atoms with E-state index in [1.165, 1.54) is 55.8 Å². The van der Waals surface area contributed by atoms with E-state index < -0.39 is 0 Å². The molecule has 1 aromatic carbocycles. The molecule has 2 heterocycles. The Labute approximate surface area is 206 Å². The highest BCUT2D eigenvalue weighted by Crippen LogP contribution is 2.35. The Kier molecular flexibility index (Phi) is 9.18. The Morgan fingerprint density at radius 3 is 2.71 bits per heavy atom. The van der Waals surface area contributed by atoms with Crippen molar-refractivity contribution < 1.29 is 0 Å². The van der Waals surface area contributed by atoms with Crippen LogP contribution >= 0.6 is 46.9 Å². The first-order valence-electron chi connectivity index (χ1n) is 11.2. The lowest BCUT2D eigenvalue weighted by molar-refractivity contribution is 0.164. The quantitative estimate of drug-likeness (QED) is 0.479. The second-order valence-corrected chi connectivity index (χ2v) is 10.5. The summed E-state index contributed by atoms with van der Waals surface area (Å²) < 4.78 is 0. The molecule has 1 atom stereocenters. The third-order valence-corrected chi connectivity index (χ3v) is 8.43. The number of nitrogen functional groups attached to an aromatic ring is 1. The Morgan fingerprint density at radius 1 is 1.19 bits per heavy atom. The number of aromatic nitrogens is 1. The molecule has 8 heteroatoms. The fourth-order valence-corrected chi connectivity index (χ4v) is 6.37. The van der Waals surface area contributed by atoms with Crippen molar-refractivity contribution in [3.63, 3.8) is 0 Å². The number of rotatable bonds is 7. The molecule has 4 nitrogen and oxygen atoms in total. The molecular formula is C23H33Cl3N4S. The molecule has 172 valence electrons. The average molecular weight is 504 g/mol. The van der Waals surface area contributed by atoms with Crippen LogP contribution in [0.2, 0.25) is 10.0 Å². The second kappa shape index (κ2) is 11.4. The highest BCUT2D eigenvalue weighted by Gasteiger charge is 2.28. The lowest BCUT2D eigenvalue weighted by Crippen LogP contribution is -2.41. The minimum atomic E-state index is 0. The number of thiazole rings is 1. The van der Waals surface area contributed by atoms with Gasteiger partial charge in [-0.05, 0) is 76.1 Å². The number of nitrogens with zero attached hydrogens (tertiary/aromatic N) is 3. The van der Waals surface area contributed by atoms with Crippen LogP contribution in [0, 0.1) is 5.92 Å². The fraction of sp³-hybridized carbons (Fsp3) is 0.609. The zero-order valence-corrected chi connectivity index (χ0v) is 21.3. The highest BCUT2D eigenvalue weighted by molar-refractivity contribution is 7.15. The van der Waals surface area contributed by atoms with Crippen LogP contribution in [0.3, 0.4) is 0 Å². The molecule has 0 unspecified atom stereocenters. The van der Waals surface area contributed by atoms with Crippen LogP contribution in [0.4, 0.5) is 10.8 Å². The van der Waals surface area contributed by atoms with Crippen molar-refractivity contribution in [2.24, 2.45) is 5.92 Å². The number of hydrogen-bond acceptors (Lipinski definition) is 5. The van der Waals surface area contributed by atoms with Crippen molar-refractivity contribution in [2.75, 3.05) is 36.8 Å². The Balaban J connectivity index is 0.00000272. The van der Waals surface area contributed by atoms with Gasteiger partial charge >= 0.3 is 0 Å². The van der Waals surface area contributed by atoms with Crippen molar-refractivity contribution in [3.8, 4) is 0 Å². The number of halogens is 3. The molecule has 4 rings (SSSR count). The van der Waals surface area contributed by atoms with E-state index in [-0.39, 0.29) is 12.4 Å². The summed E-state index contributed by atoms with van der Waals surface area (Å²) in [6.45, 7) is 6.80. The maximum Gasteiger partial charge on any atom is 0.180 e. The number of aryl methyl sites for hydroxylation is 1. The Bertz CT molecular complexity index is 851. The number of nitrogens with two attached hydrogens (primary N) is 1. The zero-order chi connectivity index (χ0) is 21.1. The summed E-state index contributed by atoms with van der Waals surface area (Å²) in [6.07, 6.45) is 8.35. The molecule has 0 bridgehead atoms. The first-order chi connectivity index (χ1) is 14.5. The maximum absolute atomic E-state index is 6.43. The molecule has 1 aliphatic heterocycles. The summed E-state index contributed by atoms with van der Waals surface area (Å²) in [5, 5.41) is 2.06. The summed E-state index contributed by atoms with van der Waals surface area (Å²) >= 11 is 14.3. The maximum atomic E-state index is 6.43. The predicted molar refractivity (Wildman–Crippen MR) is 137 cm³/mol. The lowest BCUT2D eigenvalue weighted by Gasteiger charge is -2.37. The topological polar surface area (TPSA) is 45.4 Å². The van der Waals surface area contributed by atoms with Crippen LogP contribution in [0.25, 0.3) is 0 Å². The van der Waals surface area contributed by atoms with Gasteiger partial charge in [0.05, 0.1) is 21.4 Å². The van der Waals surface area contributed by atoms with Crippen LogP contribution in [0.1, 0.15) is 49.6 Å². The third-order valence-electron chi connectivity index (χ3n) is 6.67. The van der Waals surface area contributed by atoms with Gasteiger partial charge < -0.3 is 15.5 Å². The number of benzene rings is 1. The molecule has 2 aliphatic rings. The lowest BCUT2D eigenvalue weighted by atomic mass is 9.91.